The third-order valence-corrected chi connectivity index (χ3v) is 8.42. The predicted octanol–water partition coefficient (Wildman–Crippen LogP) is 4.84. The molecule has 1 atom stereocenters. The molecule has 0 radical (unpaired) electrons. The fourth-order valence-electron chi connectivity index (χ4n) is 5.05. The number of amides is 2. The Morgan fingerprint density at radius 2 is 1.59 bits per heavy atom. The van der Waals surface area contributed by atoms with E-state index in [9.17, 15) is 9.59 Å². The van der Waals surface area contributed by atoms with E-state index < -0.39 is 9.75 Å². The first kappa shape index (κ1) is 21.7. The monoisotopic (exact) mass is 471 g/mol. The minimum absolute atomic E-state index is 0.0294. The summed E-state index contributed by atoms with van der Waals surface area (Å²) in [6.45, 7) is 6.31. The largest absolute Gasteiger partial charge is 0.342 e. The molecule has 1 aromatic carbocycles. The number of likely N-dealkylation sites (tertiary alicyclic amines) is 1. The molecule has 0 N–H and O–H groups in total. The summed E-state index contributed by atoms with van der Waals surface area (Å²) >= 11 is 12.4. The van der Waals surface area contributed by atoms with E-state index in [2.05, 4.69) is 12.1 Å². The topological polar surface area (TPSA) is 53.5 Å². The number of alkyl halides is 2. The molecular formula is C25H27Cl2N3O2. The van der Waals surface area contributed by atoms with Gasteiger partial charge in [-0.1, -0.05) is 24.3 Å². The summed E-state index contributed by atoms with van der Waals surface area (Å²) in [6, 6.07) is 12.0. The van der Waals surface area contributed by atoms with Crippen LogP contribution in [-0.4, -0.2) is 44.0 Å². The highest BCUT2D eigenvalue weighted by Crippen LogP contribution is 2.64. The van der Waals surface area contributed by atoms with Gasteiger partial charge in [-0.15, -0.1) is 23.2 Å². The first-order chi connectivity index (χ1) is 15.2. The van der Waals surface area contributed by atoms with Gasteiger partial charge in [-0.3, -0.25) is 14.6 Å². The Bertz CT molecular complexity index is 1070. The molecule has 3 aliphatic rings. The highest BCUT2D eigenvalue weighted by atomic mass is 35.5. The van der Waals surface area contributed by atoms with Gasteiger partial charge in [0.05, 0.1) is 16.7 Å². The second kappa shape index (κ2) is 7.74. The lowest BCUT2D eigenvalue weighted by Gasteiger charge is -2.34. The molecule has 2 amide bonds. The number of piperidine rings is 1. The smallest absolute Gasteiger partial charge is 0.256 e. The van der Waals surface area contributed by atoms with Gasteiger partial charge in [0.15, 0.2) is 0 Å². The van der Waals surface area contributed by atoms with Gasteiger partial charge in [0.25, 0.3) is 5.91 Å². The molecule has 0 spiro atoms. The first-order valence-electron chi connectivity index (χ1n) is 11.2. The maximum absolute atomic E-state index is 13.5. The van der Waals surface area contributed by atoms with Crippen molar-refractivity contribution in [1.29, 1.82) is 0 Å². The van der Waals surface area contributed by atoms with E-state index in [1.165, 1.54) is 11.1 Å². The Hall–Kier alpha value is -2.11. The molecule has 168 valence electrons. The van der Waals surface area contributed by atoms with Crippen molar-refractivity contribution in [3.63, 3.8) is 0 Å². The number of carbonyl (C=O) groups is 2. The number of aryl methyl sites for hydroxylation is 1. The number of halogens is 2. The van der Waals surface area contributed by atoms with Gasteiger partial charge in [-0.2, -0.15) is 0 Å². The van der Waals surface area contributed by atoms with Crippen molar-refractivity contribution in [3.05, 3.63) is 64.5 Å². The summed E-state index contributed by atoms with van der Waals surface area (Å²) in [6.07, 6.45) is 2.05. The van der Waals surface area contributed by atoms with Crippen LogP contribution in [0, 0.1) is 12.3 Å². The number of hydrogen-bond donors (Lipinski definition) is 0. The van der Waals surface area contributed by atoms with E-state index in [0.717, 1.165) is 24.2 Å². The molecule has 2 aliphatic heterocycles. The zero-order valence-electron chi connectivity index (χ0n) is 18.4. The van der Waals surface area contributed by atoms with Gasteiger partial charge in [0.2, 0.25) is 5.91 Å². The molecule has 2 aromatic rings. The van der Waals surface area contributed by atoms with Crippen LogP contribution in [0.5, 0.6) is 0 Å². The average Bonchev–Trinajstić information content (AvgIpc) is 3.11. The fourth-order valence-corrected chi connectivity index (χ4v) is 5.75. The van der Waals surface area contributed by atoms with Crippen molar-refractivity contribution in [1.82, 2.24) is 14.8 Å². The summed E-state index contributed by atoms with van der Waals surface area (Å²) in [5.74, 6) is 0.206. The van der Waals surface area contributed by atoms with Crippen molar-refractivity contribution < 1.29 is 9.59 Å². The van der Waals surface area contributed by atoms with Crippen molar-refractivity contribution in [2.24, 2.45) is 5.41 Å². The molecule has 2 fully saturated rings. The summed E-state index contributed by atoms with van der Waals surface area (Å²) in [5.41, 5.74) is 4.17. The normalized spacial score (nSPS) is 24.4. The minimum Gasteiger partial charge on any atom is -0.342 e. The molecule has 5 rings (SSSR count). The van der Waals surface area contributed by atoms with E-state index in [4.69, 9.17) is 28.2 Å². The molecule has 3 heterocycles. The van der Waals surface area contributed by atoms with E-state index in [1.807, 2.05) is 47.9 Å². The highest BCUT2D eigenvalue weighted by molar-refractivity contribution is 6.53. The summed E-state index contributed by atoms with van der Waals surface area (Å²) in [7, 11) is 0. The van der Waals surface area contributed by atoms with Crippen LogP contribution < -0.4 is 0 Å². The Labute approximate surface area is 198 Å². The van der Waals surface area contributed by atoms with E-state index in [-0.39, 0.29) is 17.7 Å². The van der Waals surface area contributed by atoms with Crippen LogP contribution in [-0.2, 0) is 17.9 Å². The maximum atomic E-state index is 13.5. The molecule has 32 heavy (non-hydrogen) atoms. The molecule has 0 bridgehead atoms. The second-order valence-electron chi connectivity index (χ2n) is 9.60. The van der Waals surface area contributed by atoms with Crippen LogP contribution in [0.4, 0.5) is 0 Å². The van der Waals surface area contributed by atoms with Crippen LogP contribution in [0.1, 0.15) is 65.0 Å². The van der Waals surface area contributed by atoms with Crippen molar-refractivity contribution in [3.8, 4) is 0 Å². The number of pyridine rings is 1. The van der Waals surface area contributed by atoms with Crippen LogP contribution in [0.2, 0.25) is 0 Å². The van der Waals surface area contributed by atoms with Gasteiger partial charge < -0.3 is 9.80 Å². The van der Waals surface area contributed by atoms with Crippen LogP contribution in [0.25, 0.3) is 0 Å². The number of rotatable bonds is 3. The molecule has 1 saturated heterocycles. The van der Waals surface area contributed by atoms with Gasteiger partial charge in [-0.25, -0.2) is 0 Å². The van der Waals surface area contributed by atoms with Crippen LogP contribution in [0.3, 0.4) is 0 Å². The number of nitrogens with zero attached hydrogens (tertiary/aromatic N) is 3. The summed E-state index contributed by atoms with van der Waals surface area (Å²) in [5, 5.41) is 0. The Morgan fingerprint density at radius 3 is 2.16 bits per heavy atom. The zero-order chi connectivity index (χ0) is 22.7. The van der Waals surface area contributed by atoms with Crippen molar-refractivity contribution in [2.45, 2.75) is 56.5 Å². The first-order valence-corrected chi connectivity index (χ1v) is 12.0. The zero-order valence-corrected chi connectivity index (χ0v) is 19.9. The lowest BCUT2D eigenvalue weighted by molar-refractivity contribution is -0.137. The predicted molar refractivity (Wildman–Crippen MR) is 125 cm³/mol. The average molecular weight is 472 g/mol. The molecule has 7 heteroatoms. The standard InChI is InChI=1S/C25H27Cl2N3O2/c1-16-7-8-20(22(31)30-13-18-5-3-4-6-19(18)14-30)21(28-16)17-9-11-29(12-10-17)23(32)24(2)15-25(24,26)27/h3-8,17H,9-15H2,1-2H3. The van der Waals surface area contributed by atoms with Gasteiger partial charge in [0, 0.05) is 37.8 Å². The van der Waals surface area contributed by atoms with Gasteiger partial charge in [-0.05, 0) is 56.4 Å². The third-order valence-electron chi connectivity index (χ3n) is 7.32. The molecule has 1 saturated carbocycles. The Morgan fingerprint density at radius 1 is 1.00 bits per heavy atom. The summed E-state index contributed by atoms with van der Waals surface area (Å²) in [4.78, 5) is 35.0. The third kappa shape index (κ3) is 3.60. The lowest BCUT2D eigenvalue weighted by atomic mass is 9.89. The number of benzene rings is 1. The second-order valence-corrected chi connectivity index (χ2v) is 11.1. The lowest BCUT2D eigenvalue weighted by Crippen LogP contribution is -2.43. The number of carbonyl (C=O) groups excluding carboxylic acids is 2. The quantitative estimate of drug-likeness (QED) is 0.601. The van der Waals surface area contributed by atoms with E-state index in [0.29, 0.717) is 38.2 Å². The van der Waals surface area contributed by atoms with Crippen LogP contribution >= 0.6 is 23.2 Å². The van der Waals surface area contributed by atoms with Crippen LogP contribution in [0.15, 0.2) is 36.4 Å². The SMILES string of the molecule is Cc1ccc(C(=O)N2Cc3ccccc3C2)c(C2CCN(C(=O)C3(C)CC3(Cl)Cl)CC2)n1. The molecule has 1 aromatic heterocycles. The minimum atomic E-state index is -0.952. The molecule has 1 aliphatic carbocycles. The van der Waals surface area contributed by atoms with E-state index in [1.54, 1.807) is 0 Å². The molecule has 1 unspecified atom stereocenters. The maximum Gasteiger partial charge on any atom is 0.256 e. The Kier molecular flexibility index (Phi) is 5.25. The summed E-state index contributed by atoms with van der Waals surface area (Å²) < 4.78 is -0.952. The number of hydrogen-bond acceptors (Lipinski definition) is 3. The molecule has 5 nitrogen and oxygen atoms in total. The Balaban J connectivity index is 1.32. The van der Waals surface area contributed by atoms with Gasteiger partial charge in [0.1, 0.15) is 4.33 Å². The molecular weight excluding hydrogens is 445 g/mol. The fraction of sp³-hybridized carbons (Fsp3) is 0.480. The van der Waals surface area contributed by atoms with Gasteiger partial charge >= 0.3 is 0 Å². The number of fused-ring (bicyclic) bond motifs is 1. The number of aromatic nitrogens is 1. The van der Waals surface area contributed by atoms with E-state index >= 15 is 0 Å². The van der Waals surface area contributed by atoms with Crippen molar-refractivity contribution >= 4 is 35.0 Å². The highest BCUT2D eigenvalue weighted by Gasteiger charge is 2.68. The van der Waals surface area contributed by atoms with Crippen molar-refractivity contribution in [2.75, 3.05) is 13.1 Å².